The molecule has 0 N–H and O–H groups in total. The van der Waals surface area contributed by atoms with E-state index in [0.29, 0.717) is 17.7 Å². The smallest absolute Gasteiger partial charge is 0.420 e. The summed E-state index contributed by atoms with van der Waals surface area (Å²) < 4.78 is 15.3. The third kappa shape index (κ3) is 9.12. The summed E-state index contributed by atoms with van der Waals surface area (Å²) in [6.07, 6.45) is 1.19. The van der Waals surface area contributed by atoms with Crippen molar-refractivity contribution in [3.05, 3.63) is 12.7 Å². The lowest BCUT2D eigenvalue weighted by molar-refractivity contribution is -0.147. The molecule has 0 aliphatic rings. The molecular formula is C18H31NO6. The summed E-state index contributed by atoms with van der Waals surface area (Å²) in [7, 11) is 1.20. The maximum Gasteiger partial charge on any atom is 0.420 e. The molecule has 1 unspecified atom stereocenters. The summed E-state index contributed by atoms with van der Waals surface area (Å²) in [5, 5.41) is 0. The molecule has 0 aromatic carbocycles. The van der Waals surface area contributed by atoms with Gasteiger partial charge >= 0.3 is 18.2 Å². The molecular weight excluding hydrogens is 326 g/mol. The van der Waals surface area contributed by atoms with E-state index >= 15 is 0 Å². The van der Waals surface area contributed by atoms with Crippen molar-refractivity contribution in [2.75, 3.05) is 7.11 Å². The van der Waals surface area contributed by atoms with E-state index in [0.717, 1.165) is 0 Å². The Morgan fingerprint density at radius 3 is 1.76 bits per heavy atom. The first-order valence-corrected chi connectivity index (χ1v) is 8.26. The van der Waals surface area contributed by atoms with Gasteiger partial charge in [0.1, 0.15) is 17.2 Å². The van der Waals surface area contributed by atoms with E-state index in [1.165, 1.54) is 7.11 Å². The maximum absolute atomic E-state index is 12.6. The van der Waals surface area contributed by atoms with Crippen LogP contribution in [0.3, 0.4) is 0 Å². The molecule has 0 bridgehead atoms. The largest absolute Gasteiger partial charge is 0.467 e. The predicted molar refractivity (Wildman–Crippen MR) is 94.2 cm³/mol. The van der Waals surface area contributed by atoms with E-state index in [2.05, 4.69) is 6.58 Å². The fourth-order valence-electron chi connectivity index (χ4n) is 1.90. The van der Waals surface area contributed by atoms with Crippen LogP contribution in [0.4, 0.5) is 9.59 Å². The van der Waals surface area contributed by atoms with Crippen LogP contribution in [0.15, 0.2) is 12.7 Å². The molecule has 0 aromatic rings. The minimum atomic E-state index is -1.13. The molecule has 0 saturated heterocycles. The quantitative estimate of drug-likeness (QED) is 0.309. The Labute approximate surface area is 150 Å². The molecule has 0 radical (unpaired) electrons. The molecule has 0 fully saturated rings. The predicted octanol–water partition coefficient (Wildman–Crippen LogP) is 4.06. The summed E-state index contributed by atoms with van der Waals surface area (Å²) in [4.78, 5) is 38.0. The molecule has 0 saturated carbocycles. The van der Waals surface area contributed by atoms with Crippen LogP contribution in [0.1, 0.15) is 60.8 Å². The highest BCUT2D eigenvalue weighted by Gasteiger charge is 2.40. The number of unbranched alkanes of at least 4 members (excludes halogenated alkanes) is 1. The van der Waals surface area contributed by atoms with Crippen molar-refractivity contribution in [3.8, 4) is 0 Å². The lowest BCUT2D eigenvalue weighted by Gasteiger charge is -2.32. The number of allylic oxidation sites excluding steroid dienone is 1. The SMILES string of the molecule is C=CCCCC(C(=O)OC)N(C(=O)OC(C)(C)C)C(=O)OC(C)(C)C. The van der Waals surface area contributed by atoms with Crippen molar-refractivity contribution in [1.29, 1.82) is 0 Å². The topological polar surface area (TPSA) is 82.1 Å². The number of methoxy groups -OCH3 is 1. The summed E-state index contributed by atoms with van der Waals surface area (Å²) in [6.45, 7) is 13.6. The average Bonchev–Trinajstić information content (AvgIpc) is 2.41. The molecule has 0 rings (SSSR count). The highest BCUT2D eigenvalue weighted by Crippen LogP contribution is 2.20. The lowest BCUT2D eigenvalue weighted by Crippen LogP contribution is -2.52. The minimum absolute atomic E-state index is 0.219. The van der Waals surface area contributed by atoms with Crippen molar-refractivity contribution in [2.24, 2.45) is 0 Å². The fourth-order valence-corrected chi connectivity index (χ4v) is 1.90. The normalized spacial score (nSPS) is 12.8. The Bertz CT molecular complexity index is 459. The van der Waals surface area contributed by atoms with Crippen molar-refractivity contribution in [3.63, 3.8) is 0 Å². The van der Waals surface area contributed by atoms with Crippen LogP contribution in [0.25, 0.3) is 0 Å². The molecule has 25 heavy (non-hydrogen) atoms. The van der Waals surface area contributed by atoms with Gasteiger partial charge in [-0.15, -0.1) is 6.58 Å². The summed E-state index contributed by atoms with van der Waals surface area (Å²) >= 11 is 0. The van der Waals surface area contributed by atoms with E-state index in [9.17, 15) is 14.4 Å². The molecule has 0 aliphatic carbocycles. The molecule has 0 aliphatic heterocycles. The maximum atomic E-state index is 12.6. The van der Waals surface area contributed by atoms with Crippen LogP contribution in [0.5, 0.6) is 0 Å². The number of nitrogens with zero attached hydrogens (tertiary/aromatic N) is 1. The Balaban J connectivity index is 5.67. The van der Waals surface area contributed by atoms with E-state index in [1.54, 1.807) is 47.6 Å². The zero-order valence-electron chi connectivity index (χ0n) is 16.4. The fraction of sp³-hybridized carbons (Fsp3) is 0.722. The van der Waals surface area contributed by atoms with Gasteiger partial charge in [-0.05, 0) is 60.8 Å². The van der Waals surface area contributed by atoms with Gasteiger partial charge in [-0.25, -0.2) is 14.4 Å². The number of imide groups is 1. The number of ether oxygens (including phenoxy) is 3. The van der Waals surface area contributed by atoms with Gasteiger partial charge in [0.15, 0.2) is 0 Å². The number of esters is 1. The number of carbonyl (C=O) groups is 3. The molecule has 2 amide bonds. The zero-order valence-corrected chi connectivity index (χ0v) is 16.4. The van der Waals surface area contributed by atoms with Crippen LogP contribution in [-0.4, -0.2) is 47.4 Å². The Hall–Kier alpha value is -2.05. The van der Waals surface area contributed by atoms with E-state index in [-0.39, 0.29) is 6.42 Å². The Morgan fingerprint density at radius 1 is 1.00 bits per heavy atom. The van der Waals surface area contributed by atoms with E-state index in [1.807, 2.05) is 0 Å². The van der Waals surface area contributed by atoms with Crippen LogP contribution in [0, 0.1) is 0 Å². The molecule has 144 valence electrons. The van der Waals surface area contributed by atoms with Gasteiger partial charge in [0, 0.05) is 0 Å². The van der Waals surface area contributed by atoms with Crippen molar-refractivity contribution < 1.29 is 28.6 Å². The van der Waals surface area contributed by atoms with Crippen molar-refractivity contribution in [1.82, 2.24) is 4.90 Å². The number of amides is 2. The minimum Gasteiger partial charge on any atom is -0.467 e. The van der Waals surface area contributed by atoms with Gasteiger partial charge in [0.25, 0.3) is 0 Å². The van der Waals surface area contributed by atoms with Crippen LogP contribution in [0.2, 0.25) is 0 Å². The molecule has 7 heteroatoms. The van der Waals surface area contributed by atoms with Crippen LogP contribution in [-0.2, 0) is 19.0 Å². The van der Waals surface area contributed by atoms with Gasteiger partial charge in [-0.1, -0.05) is 6.08 Å². The number of carbonyl (C=O) groups excluding carboxylic acids is 3. The van der Waals surface area contributed by atoms with Gasteiger partial charge in [0.05, 0.1) is 7.11 Å². The highest BCUT2D eigenvalue weighted by molar-refractivity contribution is 5.94. The summed E-state index contributed by atoms with van der Waals surface area (Å²) in [5.74, 6) is -0.708. The average molecular weight is 357 g/mol. The molecule has 0 spiro atoms. The second kappa shape index (κ2) is 9.44. The van der Waals surface area contributed by atoms with Crippen LogP contribution >= 0.6 is 0 Å². The number of hydrogen-bond acceptors (Lipinski definition) is 6. The van der Waals surface area contributed by atoms with Gasteiger partial charge in [0.2, 0.25) is 0 Å². The first-order valence-electron chi connectivity index (χ1n) is 8.26. The molecule has 0 aromatic heterocycles. The van der Waals surface area contributed by atoms with Gasteiger partial charge in [-0.2, -0.15) is 4.90 Å². The highest BCUT2D eigenvalue weighted by atomic mass is 16.6. The van der Waals surface area contributed by atoms with Gasteiger partial charge < -0.3 is 14.2 Å². The van der Waals surface area contributed by atoms with E-state index in [4.69, 9.17) is 14.2 Å². The lowest BCUT2D eigenvalue weighted by atomic mass is 10.1. The van der Waals surface area contributed by atoms with Crippen molar-refractivity contribution in [2.45, 2.75) is 78.0 Å². The summed E-state index contributed by atoms with van der Waals surface area (Å²) in [6, 6.07) is -1.13. The summed E-state index contributed by atoms with van der Waals surface area (Å²) in [5.41, 5.74) is -1.67. The Morgan fingerprint density at radius 2 is 1.44 bits per heavy atom. The van der Waals surface area contributed by atoms with Gasteiger partial charge in [-0.3, -0.25) is 0 Å². The standard InChI is InChI=1S/C18H31NO6/c1-9-10-11-12-13(14(20)23-8)19(15(21)24-17(2,3)4)16(22)25-18(5,6)7/h9,13H,1,10-12H2,2-8H3. The van der Waals surface area contributed by atoms with Crippen LogP contribution < -0.4 is 0 Å². The second-order valence-electron chi connectivity index (χ2n) is 7.59. The first-order chi connectivity index (χ1) is 11.3. The molecule has 0 heterocycles. The second-order valence-corrected chi connectivity index (χ2v) is 7.59. The van der Waals surface area contributed by atoms with Crippen molar-refractivity contribution >= 4 is 18.2 Å². The number of hydrogen-bond donors (Lipinski definition) is 0. The Kier molecular flexibility index (Phi) is 8.66. The molecule has 1 atom stereocenters. The number of rotatable bonds is 6. The zero-order chi connectivity index (χ0) is 19.8. The monoisotopic (exact) mass is 357 g/mol. The van der Waals surface area contributed by atoms with E-state index < -0.39 is 35.4 Å². The third-order valence-corrected chi connectivity index (χ3v) is 2.85. The molecule has 7 nitrogen and oxygen atoms in total. The first kappa shape index (κ1) is 22.9. The third-order valence-electron chi connectivity index (χ3n) is 2.85.